The largest absolute Gasteiger partial charge is 0.444 e. The maximum absolute atomic E-state index is 13.5. The second-order valence-electron chi connectivity index (χ2n) is 7.65. The highest BCUT2D eigenvalue weighted by atomic mass is 19.1. The Morgan fingerprint density at radius 2 is 1.90 bits per heavy atom. The van der Waals surface area contributed by atoms with Gasteiger partial charge in [0.15, 0.2) is 0 Å². The lowest BCUT2D eigenvalue weighted by Crippen LogP contribution is -2.50. The summed E-state index contributed by atoms with van der Waals surface area (Å²) in [5, 5.41) is 11.4. The number of rotatable bonds is 3. The van der Waals surface area contributed by atoms with Crippen molar-refractivity contribution in [3.63, 3.8) is 0 Å². The zero-order valence-corrected chi connectivity index (χ0v) is 16.5. The van der Waals surface area contributed by atoms with Crippen LogP contribution in [0.2, 0.25) is 0 Å². The van der Waals surface area contributed by atoms with E-state index in [9.17, 15) is 19.3 Å². The lowest BCUT2D eigenvalue weighted by atomic mass is 10.1. The molecule has 1 saturated heterocycles. The predicted octanol–water partition coefficient (Wildman–Crippen LogP) is 3.25. The van der Waals surface area contributed by atoms with E-state index in [2.05, 4.69) is 9.97 Å². The van der Waals surface area contributed by atoms with Gasteiger partial charge in [0, 0.05) is 50.1 Å². The average molecular weight is 403 g/mol. The van der Waals surface area contributed by atoms with Crippen LogP contribution in [0.15, 0.2) is 30.5 Å². The Morgan fingerprint density at radius 3 is 2.48 bits per heavy atom. The number of piperazine rings is 1. The fourth-order valence-corrected chi connectivity index (χ4v) is 2.92. The van der Waals surface area contributed by atoms with Gasteiger partial charge in [0.1, 0.15) is 11.4 Å². The minimum absolute atomic E-state index is 0.142. The number of hydrogen-bond donors (Lipinski definition) is 0. The van der Waals surface area contributed by atoms with E-state index in [0.717, 1.165) is 0 Å². The molecule has 0 N–H and O–H groups in total. The second-order valence-corrected chi connectivity index (χ2v) is 7.65. The number of hydrogen-bond acceptors (Lipinski definition) is 7. The van der Waals surface area contributed by atoms with Crippen molar-refractivity contribution < 1.29 is 18.8 Å². The average Bonchev–Trinajstić information content (AvgIpc) is 2.66. The monoisotopic (exact) mass is 403 g/mol. The van der Waals surface area contributed by atoms with Crippen LogP contribution >= 0.6 is 0 Å². The van der Waals surface area contributed by atoms with E-state index in [1.54, 1.807) is 31.7 Å². The summed E-state index contributed by atoms with van der Waals surface area (Å²) >= 11 is 0. The molecule has 1 amide bonds. The maximum Gasteiger partial charge on any atom is 0.410 e. The van der Waals surface area contributed by atoms with Gasteiger partial charge in [0.05, 0.1) is 16.7 Å². The SMILES string of the molecule is CC(C)(C)OC(=O)N1CCN(c2cc([N+](=O)[O-])cc(-c3ccnc(F)c3)n2)CC1. The molecule has 154 valence electrons. The third-order valence-electron chi connectivity index (χ3n) is 4.29. The smallest absolute Gasteiger partial charge is 0.410 e. The first-order valence-electron chi connectivity index (χ1n) is 9.14. The molecule has 2 aromatic rings. The van der Waals surface area contributed by atoms with E-state index in [0.29, 0.717) is 37.6 Å². The van der Waals surface area contributed by atoms with Gasteiger partial charge in [0.2, 0.25) is 5.95 Å². The maximum atomic E-state index is 13.5. The summed E-state index contributed by atoms with van der Waals surface area (Å²) in [6.07, 6.45) is 0.891. The second kappa shape index (κ2) is 7.98. The van der Waals surface area contributed by atoms with Crippen molar-refractivity contribution in [1.29, 1.82) is 0 Å². The number of halogens is 1. The molecule has 0 unspecified atom stereocenters. The molecule has 2 aromatic heterocycles. The number of aromatic nitrogens is 2. The number of pyridine rings is 2. The highest BCUT2D eigenvalue weighted by Crippen LogP contribution is 2.28. The Balaban J connectivity index is 1.81. The first-order chi connectivity index (χ1) is 13.6. The summed E-state index contributed by atoms with van der Waals surface area (Å²) in [4.78, 5) is 34.5. The van der Waals surface area contributed by atoms with Crippen LogP contribution in [0.5, 0.6) is 0 Å². The normalized spacial score (nSPS) is 14.6. The van der Waals surface area contributed by atoms with Gasteiger partial charge in [-0.1, -0.05) is 0 Å². The lowest BCUT2D eigenvalue weighted by Gasteiger charge is -2.36. The van der Waals surface area contributed by atoms with Gasteiger partial charge in [-0.15, -0.1) is 0 Å². The quantitative estimate of drug-likeness (QED) is 0.440. The van der Waals surface area contributed by atoms with Crippen LogP contribution in [0.4, 0.5) is 20.7 Å². The summed E-state index contributed by atoms with van der Waals surface area (Å²) in [6, 6.07) is 5.40. The summed E-state index contributed by atoms with van der Waals surface area (Å²) in [5.74, 6) is -0.293. The molecular formula is C19H22FN5O4. The molecule has 1 fully saturated rings. The minimum Gasteiger partial charge on any atom is -0.444 e. The molecule has 10 heteroatoms. The summed E-state index contributed by atoms with van der Waals surface area (Å²) in [6.45, 7) is 7.10. The van der Waals surface area contributed by atoms with E-state index in [-0.39, 0.29) is 11.4 Å². The molecule has 0 aliphatic carbocycles. The number of nitro groups is 1. The summed E-state index contributed by atoms with van der Waals surface area (Å²) < 4.78 is 18.8. The molecule has 3 heterocycles. The van der Waals surface area contributed by atoms with Gasteiger partial charge in [-0.2, -0.15) is 4.39 Å². The van der Waals surface area contributed by atoms with Crippen LogP contribution in [0.1, 0.15) is 20.8 Å². The molecule has 1 aliphatic heterocycles. The van der Waals surface area contributed by atoms with Crippen LogP contribution in [0, 0.1) is 16.1 Å². The van der Waals surface area contributed by atoms with Crippen molar-refractivity contribution in [1.82, 2.24) is 14.9 Å². The molecular weight excluding hydrogens is 381 g/mol. The van der Waals surface area contributed by atoms with Crippen molar-refractivity contribution in [2.75, 3.05) is 31.1 Å². The van der Waals surface area contributed by atoms with Gasteiger partial charge < -0.3 is 14.5 Å². The fourth-order valence-electron chi connectivity index (χ4n) is 2.92. The van der Waals surface area contributed by atoms with Gasteiger partial charge in [-0.3, -0.25) is 10.1 Å². The molecule has 29 heavy (non-hydrogen) atoms. The molecule has 1 aliphatic rings. The molecule has 9 nitrogen and oxygen atoms in total. The van der Waals surface area contributed by atoms with E-state index < -0.39 is 22.6 Å². The van der Waals surface area contributed by atoms with Crippen molar-refractivity contribution in [2.24, 2.45) is 0 Å². The van der Waals surface area contributed by atoms with Crippen molar-refractivity contribution in [3.8, 4) is 11.3 Å². The Hall–Kier alpha value is -3.30. The van der Waals surface area contributed by atoms with Crippen molar-refractivity contribution >= 4 is 17.6 Å². The van der Waals surface area contributed by atoms with E-state index in [1.165, 1.54) is 24.4 Å². The van der Waals surface area contributed by atoms with Crippen LogP contribution < -0.4 is 4.90 Å². The Morgan fingerprint density at radius 1 is 1.21 bits per heavy atom. The van der Waals surface area contributed by atoms with Crippen molar-refractivity contribution in [2.45, 2.75) is 26.4 Å². The summed E-state index contributed by atoms with van der Waals surface area (Å²) in [7, 11) is 0. The van der Waals surface area contributed by atoms with Crippen LogP contribution in [0.3, 0.4) is 0 Å². The summed E-state index contributed by atoms with van der Waals surface area (Å²) in [5.41, 5.74) is -0.0402. The highest BCUT2D eigenvalue weighted by Gasteiger charge is 2.27. The van der Waals surface area contributed by atoms with E-state index in [4.69, 9.17) is 4.74 Å². The predicted molar refractivity (Wildman–Crippen MR) is 104 cm³/mol. The number of amides is 1. The molecule has 0 aromatic carbocycles. The number of carbonyl (C=O) groups is 1. The van der Waals surface area contributed by atoms with Crippen molar-refractivity contribution in [3.05, 3.63) is 46.5 Å². The van der Waals surface area contributed by atoms with E-state index >= 15 is 0 Å². The zero-order chi connectivity index (χ0) is 21.2. The topological polar surface area (TPSA) is 102 Å². The Labute approximate surface area is 167 Å². The van der Waals surface area contributed by atoms with Gasteiger partial charge in [-0.25, -0.2) is 14.8 Å². The van der Waals surface area contributed by atoms with Crippen LogP contribution in [-0.2, 0) is 4.74 Å². The molecule has 0 radical (unpaired) electrons. The van der Waals surface area contributed by atoms with E-state index in [1.807, 2.05) is 4.90 Å². The van der Waals surface area contributed by atoms with Crippen LogP contribution in [0.25, 0.3) is 11.3 Å². The first kappa shape index (κ1) is 20.4. The highest BCUT2D eigenvalue weighted by molar-refractivity contribution is 5.69. The third-order valence-corrected chi connectivity index (χ3v) is 4.29. The first-order valence-corrected chi connectivity index (χ1v) is 9.14. The lowest BCUT2D eigenvalue weighted by molar-refractivity contribution is -0.384. The zero-order valence-electron chi connectivity index (χ0n) is 16.5. The number of carbonyl (C=O) groups excluding carboxylic acids is 1. The number of nitrogens with zero attached hydrogens (tertiary/aromatic N) is 5. The number of ether oxygens (including phenoxy) is 1. The van der Waals surface area contributed by atoms with Gasteiger partial charge in [0.25, 0.3) is 5.69 Å². The minimum atomic E-state index is -0.691. The standard InChI is InChI=1S/C19H22FN5O4/c1-19(2,3)29-18(26)24-8-6-23(7-9-24)17-12-14(25(27)28)11-15(22-17)13-4-5-21-16(20)10-13/h4-5,10-12H,6-9H2,1-3H3. The Bertz CT molecular complexity index is 923. The number of anilines is 1. The molecule has 0 saturated carbocycles. The molecule has 0 atom stereocenters. The molecule has 0 bridgehead atoms. The molecule has 0 spiro atoms. The van der Waals surface area contributed by atoms with Gasteiger partial charge in [-0.05, 0) is 26.8 Å². The third kappa shape index (κ3) is 5.15. The van der Waals surface area contributed by atoms with Crippen LogP contribution in [-0.4, -0.2) is 57.7 Å². The van der Waals surface area contributed by atoms with Gasteiger partial charge >= 0.3 is 6.09 Å². The fraction of sp³-hybridized carbons (Fsp3) is 0.421. The Kier molecular flexibility index (Phi) is 5.62. The molecule has 3 rings (SSSR count).